The molecule has 1 aromatic carbocycles. The molecule has 0 aromatic heterocycles. The molecule has 0 aliphatic carbocycles. The van der Waals surface area contributed by atoms with Crippen molar-refractivity contribution in [1.29, 1.82) is 0 Å². The highest BCUT2D eigenvalue weighted by molar-refractivity contribution is 5.56. The Morgan fingerprint density at radius 2 is 2.24 bits per heavy atom. The molecule has 118 valence electrons. The maximum absolute atomic E-state index is 13.6. The molecule has 2 rings (SSSR count). The molecule has 0 bridgehead atoms. The van der Waals surface area contributed by atoms with Gasteiger partial charge in [-0.15, -0.1) is 0 Å². The molecule has 0 saturated carbocycles. The summed E-state index contributed by atoms with van der Waals surface area (Å²) in [6.07, 6.45) is -0.225. The smallest absolute Gasteiger partial charge is 0.123 e. The van der Waals surface area contributed by atoms with Gasteiger partial charge >= 0.3 is 0 Å². The molecular formula is C16H25FN2O2. The molecule has 2 unspecified atom stereocenters. The van der Waals surface area contributed by atoms with Crippen LogP contribution in [0.4, 0.5) is 10.1 Å². The predicted octanol–water partition coefficient (Wildman–Crippen LogP) is 2.08. The van der Waals surface area contributed by atoms with Gasteiger partial charge in [-0.25, -0.2) is 4.39 Å². The Hall–Kier alpha value is -1.17. The highest BCUT2D eigenvalue weighted by Crippen LogP contribution is 2.32. The summed E-state index contributed by atoms with van der Waals surface area (Å²) in [6, 6.07) is 4.92. The van der Waals surface area contributed by atoms with Gasteiger partial charge in [-0.3, -0.25) is 0 Å². The van der Waals surface area contributed by atoms with Crippen molar-refractivity contribution in [3.8, 4) is 0 Å². The van der Waals surface area contributed by atoms with E-state index in [-0.39, 0.29) is 30.2 Å². The van der Waals surface area contributed by atoms with Crippen LogP contribution in [0.3, 0.4) is 0 Å². The molecule has 1 fully saturated rings. The molecule has 1 heterocycles. The predicted molar refractivity (Wildman–Crippen MR) is 82.1 cm³/mol. The second-order valence-corrected chi connectivity index (χ2v) is 6.28. The molecule has 0 spiro atoms. The maximum Gasteiger partial charge on any atom is 0.123 e. The van der Waals surface area contributed by atoms with E-state index in [0.29, 0.717) is 13.1 Å². The van der Waals surface area contributed by atoms with Crippen molar-refractivity contribution in [3.63, 3.8) is 0 Å². The van der Waals surface area contributed by atoms with Gasteiger partial charge in [0.05, 0.1) is 18.3 Å². The van der Waals surface area contributed by atoms with Crippen LogP contribution in [-0.4, -0.2) is 43.6 Å². The third kappa shape index (κ3) is 3.73. The van der Waals surface area contributed by atoms with Crippen molar-refractivity contribution < 1.29 is 14.2 Å². The van der Waals surface area contributed by atoms with Crippen molar-refractivity contribution in [3.05, 3.63) is 29.6 Å². The van der Waals surface area contributed by atoms with Gasteiger partial charge in [0.1, 0.15) is 5.82 Å². The standard InChI is InChI=1S/C16H25FN2O2/c1-11(18-4)14-7-12(17)5-6-15(14)19-8-13(9-20)21-16(2,3)10-19/h5-7,11,13,18,20H,8-10H2,1-4H3. The number of morpholine rings is 1. The molecule has 4 nitrogen and oxygen atoms in total. The average molecular weight is 296 g/mol. The monoisotopic (exact) mass is 296 g/mol. The Balaban J connectivity index is 2.36. The Labute approximate surface area is 125 Å². The number of halogens is 1. The molecule has 1 aromatic rings. The summed E-state index contributed by atoms with van der Waals surface area (Å²) in [7, 11) is 1.86. The van der Waals surface area contributed by atoms with E-state index in [1.165, 1.54) is 6.07 Å². The van der Waals surface area contributed by atoms with Gasteiger partial charge in [0.2, 0.25) is 0 Å². The fraction of sp³-hybridized carbons (Fsp3) is 0.625. The second-order valence-electron chi connectivity index (χ2n) is 6.28. The normalized spacial score (nSPS) is 23.1. The van der Waals surface area contributed by atoms with Gasteiger partial charge in [-0.2, -0.15) is 0 Å². The van der Waals surface area contributed by atoms with Crippen molar-refractivity contribution in [2.24, 2.45) is 0 Å². The van der Waals surface area contributed by atoms with Crippen LogP contribution >= 0.6 is 0 Å². The number of benzene rings is 1. The maximum atomic E-state index is 13.6. The van der Waals surface area contributed by atoms with Crippen molar-refractivity contribution in [2.75, 3.05) is 31.6 Å². The Morgan fingerprint density at radius 1 is 1.52 bits per heavy atom. The van der Waals surface area contributed by atoms with E-state index in [2.05, 4.69) is 10.2 Å². The van der Waals surface area contributed by atoms with Crippen LogP contribution in [-0.2, 0) is 4.74 Å². The third-order valence-electron chi connectivity index (χ3n) is 3.91. The van der Waals surface area contributed by atoms with Crippen molar-refractivity contribution >= 4 is 5.69 Å². The average Bonchev–Trinajstić information content (AvgIpc) is 2.44. The van der Waals surface area contributed by atoms with Crippen LogP contribution in [0.25, 0.3) is 0 Å². The van der Waals surface area contributed by atoms with Gasteiger partial charge < -0.3 is 20.1 Å². The zero-order chi connectivity index (χ0) is 15.6. The molecule has 1 aliphatic rings. The summed E-state index contributed by atoms with van der Waals surface area (Å²) in [5.74, 6) is -0.234. The second kappa shape index (κ2) is 6.30. The van der Waals surface area contributed by atoms with Crippen LogP contribution in [0.15, 0.2) is 18.2 Å². The Morgan fingerprint density at radius 3 is 2.86 bits per heavy atom. The largest absolute Gasteiger partial charge is 0.394 e. The number of anilines is 1. The van der Waals surface area contributed by atoms with Gasteiger partial charge in [0.25, 0.3) is 0 Å². The zero-order valence-corrected chi connectivity index (χ0v) is 13.2. The first-order valence-corrected chi connectivity index (χ1v) is 7.36. The van der Waals surface area contributed by atoms with E-state index >= 15 is 0 Å². The summed E-state index contributed by atoms with van der Waals surface area (Å²) in [5.41, 5.74) is 1.57. The fourth-order valence-electron chi connectivity index (χ4n) is 2.89. The molecule has 2 N–H and O–H groups in total. The fourth-order valence-corrected chi connectivity index (χ4v) is 2.89. The molecule has 0 radical (unpaired) electrons. The molecule has 1 aliphatic heterocycles. The first kappa shape index (κ1) is 16.2. The number of ether oxygens (including phenoxy) is 1. The topological polar surface area (TPSA) is 44.7 Å². The highest BCUT2D eigenvalue weighted by atomic mass is 19.1. The molecular weight excluding hydrogens is 271 g/mol. The van der Waals surface area contributed by atoms with Crippen molar-refractivity contribution in [2.45, 2.75) is 38.5 Å². The Bertz CT molecular complexity index is 493. The number of nitrogens with one attached hydrogen (secondary N) is 1. The minimum atomic E-state index is -0.347. The van der Waals surface area contributed by atoms with Gasteiger partial charge in [-0.05, 0) is 51.6 Å². The van der Waals surface area contributed by atoms with E-state index in [9.17, 15) is 9.50 Å². The number of aliphatic hydroxyl groups is 1. The lowest BCUT2D eigenvalue weighted by molar-refractivity contribution is -0.101. The quantitative estimate of drug-likeness (QED) is 0.893. The highest BCUT2D eigenvalue weighted by Gasteiger charge is 2.34. The first-order valence-electron chi connectivity index (χ1n) is 7.36. The van der Waals surface area contributed by atoms with Gasteiger partial charge in [-0.1, -0.05) is 0 Å². The van der Waals surface area contributed by atoms with Crippen molar-refractivity contribution in [1.82, 2.24) is 5.32 Å². The van der Waals surface area contributed by atoms with Crippen LogP contribution in [0, 0.1) is 5.82 Å². The molecule has 21 heavy (non-hydrogen) atoms. The minimum absolute atomic E-state index is 0.0158. The van der Waals surface area contributed by atoms with Crippen LogP contribution in [0.1, 0.15) is 32.4 Å². The number of hydrogen-bond acceptors (Lipinski definition) is 4. The summed E-state index contributed by atoms with van der Waals surface area (Å²) < 4.78 is 19.4. The Kier molecular flexibility index (Phi) is 4.86. The number of aliphatic hydroxyl groups excluding tert-OH is 1. The van der Waals surface area contributed by atoms with Crippen LogP contribution in [0.5, 0.6) is 0 Å². The minimum Gasteiger partial charge on any atom is -0.394 e. The lowest BCUT2D eigenvalue weighted by Gasteiger charge is -2.44. The lowest BCUT2D eigenvalue weighted by atomic mass is 10.0. The zero-order valence-electron chi connectivity index (χ0n) is 13.2. The molecule has 0 amide bonds. The van der Waals surface area contributed by atoms with E-state index < -0.39 is 0 Å². The van der Waals surface area contributed by atoms with E-state index in [0.717, 1.165) is 11.3 Å². The summed E-state index contributed by atoms with van der Waals surface area (Å²) in [4.78, 5) is 2.17. The lowest BCUT2D eigenvalue weighted by Crippen LogP contribution is -2.54. The summed E-state index contributed by atoms with van der Waals surface area (Å²) in [6.45, 7) is 7.32. The van der Waals surface area contributed by atoms with Gasteiger partial charge in [0.15, 0.2) is 0 Å². The number of hydrogen-bond donors (Lipinski definition) is 2. The first-order chi connectivity index (χ1) is 9.86. The summed E-state index contributed by atoms with van der Waals surface area (Å²) >= 11 is 0. The molecule has 2 atom stereocenters. The number of nitrogens with zero attached hydrogens (tertiary/aromatic N) is 1. The SMILES string of the molecule is CNC(C)c1cc(F)ccc1N1CC(CO)OC(C)(C)C1. The van der Waals surface area contributed by atoms with Crippen LogP contribution in [0.2, 0.25) is 0 Å². The third-order valence-corrected chi connectivity index (χ3v) is 3.91. The van der Waals surface area contributed by atoms with E-state index in [1.807, 2.05) is 33.9 Å². The van der Waals surface area contributed by atoms with E-state index in [4.69, 9.17) is 4.74 Å². The van der Waals surface area contributed by atoms with E-state index in [1.54, 1.807) is 6.07 Å². The van der Waals surface area contributed by atoms with Gasteiger partial charge in [0, 0.05) is 24.8 Å². The van der Waals surface area contributed by atoms with Crippen LogP contribution < -0.4 is 10.2 Å². The molecule has 5 heteroatoms. The summed E-state index contributed by atoms with van der Waals surface area (Å²) in [5, 5.41) is 12.6. The molecule has 1 saturated heterocycles. The number of rotatable bonds is 4.